The number of piperidine rings is 1. The first-order valence-electron chi connectivity index (χ1n) is 12.0. The van der Waals surface area contributed by atoms with Gasteiger partial charge >= 0.3 is 21.6 Å². The molecule has 1 N–H and O–H groups in total. The predicted molar refractivity (Wildman–Crippen MR) is 152 cm³/mol. The third-order valence-electron chi connectivity index (χ3n) is 5.52. The van der Waals surface area contributed by atoms with Crippen LogP contribution < -0.4 is 5.32 Å². The first kappa shape index (κ1) is 34.5. The Bertz CT molecular complexity index is 1760. The number of carbonyl (C=O) groups is 1. The summed E-state index contributed by atoms with van der Waals surface area (Å²) in [6.45, 7) is 5.86. The fraction of sp³-hybridized carbons (Fsp3) is 0.233. The van der Waals surface area contributed by atoms with Crippen molar-refractivity contribution >= 4 is 32.4 Å². The lowest BCUT2D eigenvalue weighted by Gasteiger charge is -2.36. The molecule has 6 nitrogen and oxygen atoms in total. The molecule has 13 heteroatoms. The topological polar surface area (TPSA) is 69.7 Å². The van der Waals surface area contributed by atoms with Crippen molar-refractivity contribution in [1.82, 2.24) is 9.21 Å². The van der Waals surface area contributed by atoms with Crippen LogP contribution in [-0.4, -0.2) is 55.3 Å². The molecule has 0 spiro atoms. The average molecular weight is 632 g/mol. The van der Waals surface area contributed by atoms with E-state index in [1.54, 1.807) is 12.1 Å². The smallest absolute Gasteiger partial charge is 0.324 e. The number of halogens is 5. The van der Waals surface area contributed by atoms with Crippen LogP contribution in [0.25, 0.3) is 10.4 Å². The molecule has 3 rings (SSSR count). The highest BCUT2D eigenvalue weighted by Gasteiger charge is 2.50. The minimum Gasteiger partial charge on any atom is -0.324 e. The molecule has 1 aromatic heterocycles. The molecule has 0 radical (unpaired) electrons. The Balaban J connectivity index is 0.000000455. The van der Waals surface area contributed by atoms with Gasteiger partial charge in [0.2, 0.25) is 0 Å². The number of hydrogen-bond donors (Lipinski definition) is 1. The number of thiophene rings is 1. The van der Waals surface area contributed by atoms with E-state index in [1.165, 1.54) is 11.9 Å². The number of sulfonamides is 1. The zero-order valence-corrected chi connectivity index (χ0v) is 24.2. The van der Waals surface area contributed by atoms with E-state index < -0.39 is 39.2 Å². The quantitative estimate of drug-likeness (QED) is 0.297. The maximum Gasteiger partial charge on any atom is 0.511 e. The lowest BCUT2D eigenvalue weighted by Crippen LogP contribution is -2.50. The molecule has 0 unspecified atom stereocenters. The van der Waals surface area contributed by atoms with Gasteiger partial charge in [0.05, 0.1) is 5.00 Å². The summed E-state index contributed by atoms with van der Waals surface area (Å²) in [5, 5.41) is 3.04. The Labute approximate surface area is 249 Å². The Morgan fingerprint density at radius 3 is 1.88 bits per heavy atom. The van der Waals surface area contributed by atoms with E-state index in [0.29, 0.717) is 19.7 Å². The maximum atomic E-state index is 13.4. The standard InChI is InChI=1S/C18H18F5N3O3S2.C12H4/c1-25(14-4-6-26(7-5-14)31(28,29)18(21,22)23)17(27)24-16-3-2-15(30-16)11-8-12(19)10-13(20)9-11;1-3-5-7-9-11-12-10-8-6-4-2/h2-3,8-10,14H,4-7H2,1H3,(H,24,27);1-2H2. The summed E-state index contributed by atoms with van der Waals surface area (Å²) < 4.78 is 88.1. The molecular formula is C30H22F5N3O3S2. The minimum atomic E-state index is -5.38. The summed E-state index contributed by atoms with van der Waals surface area (Å²) in [5.41, 5.74) is 19.4. The number of alkyl halides is 3. The number of nitrogens with zero attached hydrogens (tertiary/aromatic N) is 2. The number of carbonyl (C=O) groups excluding carboxylic acids is 1. The van der Waals surface area contributed by atoms with Crippen LogP contribution in [0.15, 0.2) is 101 Å². The van der Waals surface area contributed by atoms with Gasteiger partial charge in [-0.05, 0) is 102 Å². The van der Waals surface area contributed by atoms with Crippen LogP contribution in [0, 0.1) is 11.6 Å². The molecule has 0 saturated carbocycles. The molecule has 0 aliphatic carbocycles. The normalized spacial score (nSPS) is 12.8. The van der Waals surface area contributed by atoms with E-state index in [2.05, 4.69) is 75.8 Å². The highest BCUT2D eigenvalue weighted by Crippen LogP contribution is 2.33. The average Bonchev–Trinajstić information content (AvgIpc) is 3.42. The highest BCUT2D eigenvalue weighted by molar-refractivity contribution is 7.90. The first-order chi connectivity index (χ1) is 20.3. The minimum absolute atomic E-state index is 0.0531. The Hall–Kier alpha value is -4.71. The summed E-state index contributed by atoms with van der Waals surface area (Å²) >= 11 is 1.10. The Morgan fingerprint density at radius 2 is 1.42 bits per heavy atom. The maximum absolute atomic E-state index is 13.4. The second-order valence-corrected chi connectivity index (χ2v) is 11.3. The number of hydrogen-bond acceptors (Lipinski definition) is 4. The van der Waals surface area contributed by atoms with E-state index >= 15 is 0 Å². The third-order valence-corrected chi connectivity index (χ3v) is 8.20. The summed E-state index contributed by atoms with van der Waals surface area (Å²) in [6.07, 6.45) is 0.106. The van der Waals surface area contributed by atoms with Crippen molar-refractivity contribution in [3.63, 3.8) is 0 Å². The van der Waals surface area contributed by atoms with Crippen molar-refractivity contribution in [2.24, 2.45) is 0 Å². The van der Waals surface area contributed by atoms with Crippen LogP contribution in [-0.2, 0) is 10.0 Å². The molecule has 2 heterocycles. The highest BCUT2D eigenvalue weighted by atomic mass is 32.2. The Kier molecular flexibility index (Phi) is 12.9. The zero-order valence-electron chi connectivity index (χ0n) is 22.5. The molecule has 1 fully saturated rings. The molecule has 0 bridgehead atoms. The molecule has 43 heavy (non-hydrogen) atoms. The zero-order chi connectivity index (χ0) is 32.0. The van der Waals surface area contributed by atoms with E-state index in [4.69, 9.17) is 0 Å². The van der Waals surface area contributed by atoms with Crippen LogP contribution in [0.5, 0.6) is 0 Å². The van der Waals surface area contributed by atoms with Crippen molar-refractivity contribution in [3.05, 3.63) is 112 Å². The van der Waals surface area contributed by atoms with Crippen LogP contribution in [0.1, 0.15) is 12.8 Å². The van der Waals surface area contributed by atoms with Crippen molar-refractivity contribution in [1.29, 1.82) is 0 Å². The third kappa shape index (κ3) is 10.6. The predicted octanol–water partition coefficient (Wildman–Crippen LogP) is 6.82. The van der Waals surface area contributed by atoms with Gasteiger partial charge in [0.25, 0.3) is 0 Å². The molecule has 1 aliphatic rings. The SMILES string of the molecule is C=C=C=C=C=C=C=C=C=C=C=C.CN(C(=O)Nc1ccc(-c2cc(F)cc(F)c2)s1)C1CCN(S(=O)(=O)C(F)(F)F)CC1. The van der Waals surface area contributed by atoms with Gasteiger partial charge in [-0.1, -0.05) is 11.5 Å². The number of urea groups is 1. The number of benzene rings is 1. The summed E-state index contributed by atoms with van der Waals surface area (Å²) in [5.74, 6) is -1.46. The van der Waals surface area contributed by atoms with E-state index in [0.717, 1.165) is 29.5 Å². The van der Waals surface area contributed by atoms with Gasteiger partial charge in [-0.3, -0.25) is 5.32 Å². The fourth-order valence-corrected chi connectivity index (χ4v) is 5.38. The second kappa shape index (κ2) is 16.1. The molecule has 222 valence electrons. The van der Waals surface area contributed by atoms with Gasteiger partial charge in [0.1, 0.15) is 11.6 Å². The van der Waals surface area contributed by atoms with Crippen LogP contribution >= 0.6 is 11.3 Å². The van der Waals surface area contributed by atoms with Crippen LogP contribution in [0.2, 0.25) is 0 Å². The van der Waals surface area contributed by atoms with Gasteiger partial charge < -0.3 is 4.90 Å². The number of amides is 2. The largest absolute Gasteiger partial charge is 0.511 e. The van der Waals surface area contributed by atoms with Crippen LogP contribution in [0.4, 0.5) is 31.7 Å². The van der Waals surface area contributed by atoms with Crippen molar-refractivity contribution < 1.29 is 35.2 Å². The molecule has 1 aromatic carbocycles. The lowest BCUT2D eigenvalue weighted by atomic mass is 10.1. The molecule has 0 atom stereocenters. The first-order valence-corrected chi connectivity index (χ1v) is 14.3. The van der Waals surface area contributed by atoms with E-state index in [-0.39, 0.29) is 25.9 Å². The number of rotatable bonds is 4. The molecule has 2 aromatic rings. The summed E-state index contributed by atoms with van der Waals surface area (Å²) in [7, 11) is -3.92. The monoisotopic (exact) mass is 631 g/mol. The van der Waals surface area contributed by atoms with Gasteiger partial charge in [0.15, 0.2) is 0 Å². The molecular weight excluding hydrogens is 609 g/mol. The van der Waals surface area contributed by atoms with Crippen molar-refractivity contribution in [2.75, 3.05) is 25.5 Å². The molecule has 2 amide bonds. The Morgan fingerprint density at radius 1 is 0.930 bits per heavy atom. The van der Waals surface area contributed by atoms with Gasteiger partial charge in [-0.15, -0.1) is 11.3 Å². The molecule has 1 saturated heterocycles. The van der Waals surface area contributed by atoms with E-state index in [1.807, 2.05) is 0 Å². The summed E-state index contributed by atoms with van der Waals surface area (Å²) in [4.78, 5) is 14.3. The van der Waals surface area contributed by atoms with Gasteiger partial charge in [0, 0.05) is 37.1 Å². The summed E-state index contributed by atoms with van der Waals surface area (Å²) in [6, 6.07) is 5.25. The number of anilines is 1. The second-order valence-electron chi connectivity index (χ2n) is 8.30. The van der Waals surface area contributed by atoms with Gasteiger partial charge in [-0.25, -0.2) is 22.0 Å². The fourth-order valence-electron chi connectivity index (χ4n) is 3.51. The van der Waals surface area contributed by atoms with E-state index in [9.17, 15) is 35.2 Å². The van der Waals surface area contributed by atoms with Gasteiger partial charge in [-0.2, -0.15) is 17.5 Å². The van der Waals surface area contributed by atoms with Crippen molar-refractivity contribution in [2.45, 2.75) is 24.4 Å². The van der Waals surface area contributed by atoms with Crippen molar-refractivity contribution in [3.8, 4) is 10.4 Å². The van der Waals surface area contributed by atoms with Crippen LogP contribution in [0.3, 0.4) is 0 Å². The molecule has 1 aliphatic heterocycles. The number of nitrogens with one attached hydrogen (secondary N) is 1. The lowest BCUT2D eigenvalue weighted by molar-refractivity contribution is -0.0497.